The lowest BCUT2D eigenvalue weighted by atomic mass is 10.1. The minimum absolute atomic E-state index is 0.0437. The molecule has 112 valence electrons. The summed E-state index contributed by atoms with van der Waals surface area (Å²) in [5.41, 5.74) is 0. The van der Waals surface area contributed by atoms with E-state index in [2.05, 4.69) is 15.9 Å². The van der Waals surface area contributed by atoms with Crippen LogP contribution in [0.15, 0.2) is 27.6 Å². The van der Waals surface area contributed by atoms with Gasteiger partial charge in [-0.3, -0.25) is 0 Å². The van der Waals surface area contributed by atoms with E-state index < -0.39 is 10.0 Å². The standard InChI is InChI=1S/C14H20BrNO3S/c1-3-19-13-8-7-12(15)10-14(13)20(17,18)16-9-5-4-6-11(16)2/h7-8,10-11H,3-6,9H2,1-2H3/t11-/m0/s1. The molecule has 1 aliphatic heterocycles. The molecule has 0 aliphatic carbocycles. The van der Waals surface area contributed by atoms with Gasteiger partial charge in [-0.1, -0.05) is 22.4 Å². The van der Waals surface area contributed by atoms with Gasteiger partial charge in [0, 0.05) is 17.1 Å². The molecule has 1 saturated heterocycles. The lowest BCUT2D eigenvalue weighted by Crippen LogP contribution is -2.42. The van der Waals surface area contributed by atoms with Crippen molar-refractivity contribution in [3.63, 3.8) is 0 Å². The molecule has 0 amide bonds. The van der Waals surface area contributed by atoms with E-state index in [0.29, 0.717) is 18.9 Å². The zero-order valence-electron chi connectivity index (χ0n) is 11.8. The fraction of sp³-hybridized carbons (Fsp3) is 0.571. The Morgan fingerprint density at radius 1 is 1.40 bits per heavy atom. The van der Waals surface area contributed by atoms with Crippen LogP contribution in [0.25, 0.3) is 0 Å². The third kappa shape index (κ3) is 3.18. The van der Waals surface area contributed by atoms with Crippen LogP contribution in [0.1, 0.15) is 33.1 Å². The van der Waals surface area contributed by atoms with Crippen LogP contribution in [-0.4, -0.2) is 31.9 Å². The number of benzene rings is 1. The first-order valence-corrected chi connectivity index (χ1v) is 9.14. The number of ether oxygens (including phenoxy) is 1. The highest BCUT2D eigenvalue weighted by atomic mass is 79.9. The van der Waals surface area contributed by atoms with Gasteiger partial charge in [-0.2, -0.15) is 4.31 Å². The Labute approximate surface area is 129 Å². The van der Waals surface area contributed by atoms with Crippen molar-refractivity contribution in [3.05, 3.63) is 22.7 Å². The summed E-state index contributed by atoms with van der Waals surface area (Å²) in [4.78, 5) is 0.252. The minimum Gasteiger partial charge on any atom is -0.492 e. The number of sulfonamides is 1. The highest BCUT2D eigenvalue weighted by Gasteiger charge is 2.33. The van der Waals surface area contributed by atoms with E-state index >= 15 is 0 Å². The van der Waals surface area contributed by atoms with Crippen LogP contribution in [0.2, 0.25) is 0 Å². The molecular formula is C14H20BrNO3S. The zero-order valence-corrected chi connectivity index (χ0v) is 14.2. The summed E-state index contributed by atoms with van der Waals surface area (Å²) < 4.78 is 33.6. The Balaban J connectivity index is 2.44. The van der Waals surface area contributed by atoms with E-state index in [0.717, 1.165) is 23.7 Å². The van der Waals surface area contributed by atoms with E-state index in [1.54, 1.807) is 22.5 Å². The molecule has 20 heavy (non-hydrogen) atoms. The number of nitrogens with zero attached hydrogens (tertiary/aromatic N) is 1. The highest BCUT2D eigenvalue weighted by Crippen LogP contribution is 2.32. The molecule has 0 radical (unpaired) electrons. The fourth-order valence-electron chi connectivity index (χ4n) is 2.51. The van der Waals surface area contributed by atoms with Crippen LogP contribution in [0.4, 0.5) is 0 Å². The monoisotopic (exact) mass is 361 g/mol. The van der Waals surface area contributed by atoms with Gasteiger partial charge in [-0.25, -0.2) is 8.42 Å². The summed E-state index contributed by atoms with van der Waals surface area (Å²) in [6.07, 6.45) is 2.92. The molecule has 0 spiro atoms. The van der Waals surface area contributed by atoms with Crippen molar-refractivity contribution in [3.8, 4) is 5.75 Å². The van der Waals surface area contributed by atoms with Crippen LogP contribution in [0.5, 0.6) is 5.75 Å². The molecule has 1 atom stereocenters. The quantitative estimate of drug-likeness (QED) is 0.825. The van der Waals surface area contributed by atoms with Crippen LogP contribution in [-0.2, 0) is 10.0 Å². The molecule has 1 aliphatic rings. The molecule has 1 aromatic rings. The molecule has 4 nitrogen and oxygen atoms in total. The third-order valence-electron chi connectivity index (χ3n) is 3.53. The summed E-state index contributed by atoms with van der Waals surface area (Å²) in [5.74, 6) is 0.425. The molecule has 1 aromatic carbocycles. The molecule has 1 fully saturated rings. The number of piperidine rings is 1. The molecule has 6 heteroatoms. The Morgan fingerprint density at radius 2 is 2.15 bits per heavy atom. The third-order valence-corrected chi connectivity index (χ3v) is 6.06. The van der Waals surface area contributed by atoms with Crippen molar-refractivity contribution in [2.75, 3.05) is 13.2 Å². The van der Waals surface area contributed by atoms with E-state index in [4.69, 9.17) is 4.74 Å². The van der Waals surface area contributed by atoms with Gasteiger partial charge in [-0.15, -0.1) is 0 Å². The minimum atomic E-state index is -3.51. The summed E-state index contributed by atoms with van der Waals surface area (Å²) in [6.45, 7) is 4.85. The Kier molecular flexibility index (Phi) is 5.09. The van der Waals surface area contributed by atoms with Gasteiger partial charge < -0.3 is 4.74 Å². The lowest BCUT2D eigenvalue weighted by Gasteiger charge is -2.32. The van der Waals surface area contributed by atoms with E-state index in [1.165, 1.54) is 0 Å². The largest absolute Gasteiger partial charge is 0.492 e. The first-order chi connectivity index (χ1) is 9.46. The number of rotatable bonds is 4. The molecule has 2 rings (SSSR count). The number of hydrogen-bond donors (Lipinski definition) is 0. The van der Waals surface area contributed by atoms with Crippen molar-refractivity contribution >= 4 is 26.0 Å². The smallest absolute Gasteiger partial charge is 0.247 e. The maximum Gasteiger partial charge on any atom is 0.247 e. The Morgan fingerprint density at radius 3 is 2.80 bits per heavy atom. The number of halogens is 1. The summed E-state index contributed by atoms with van der Waals surface area (Å²) in [7, 11) is -3.51. The number of hydrogen-bond acceptors (Lipinski definition) is 3. The van der Waals surface area contributed by atoms with Crippen molar-refractivity contribution in [2.45, 2.75) is 44.0 Å². The Bertz CT molecular complexity index is 574. The van der Waals surface area contributed by atoms with Crippen molar-refractivity contribution in [2.24, 2.45) is 0 Å². The topological polar surface area (TPSA) is 46.6 Å². The predicted octanol–water partition coefficient (Wildman–Crippen LogP) is 3.41. The van der Waals surface area contributed by atoms with Gasteiger partial charge in [0.05, 0.1) is 6.61 Å². The van der Waals surface area contributed by atoms with Gasteiger partial charge in [0.15, 0.2) is 0 Å². The maximum atomic E-state index is 12.9. The molecular weight excluding hydrogens is 342 g/mol. The SMILES string of the molecule is CCOc1ccc(Br)cc1S(=O)(=O)N1CCCC[C@@H]1C. The predicted molar refractivity (Wildman–Crippen MR) is 82.5 cm³/mol. The molecule has 0 saturated carbocycles. The molecule has 0 aromatic heterocycles. The average molecular weight is 362 g/mol. The second-order valence-corrected chi connectivity index (χ2v) is 7.76. The normalized spacial score (nSPS) is 20.9. The maximum absolute atomic E-state index is 12.9. The van der Waals surface area contributed by atoms with Gasteiger partial charge in [0.25, 0.3) is 0 Å². The first kappa shape index (κ1) is 15.8. The van der Waals surface area contributed by atoms with Crippen LogP contribution >= 0.6 is 15.9 Å². The van der Waals surface area contributed by atoms with Crippen LogP contribution in [0.3, 0.4) is 0 Å². The van der Waals surface area contributed by atoms with E-state index in [9.17, 15) is 8.42 Å². The van der Waals surface area contributed by atoms with Gasteiger partial charge >= 0.3 is 0 Å². The summed E-state index contributed by atoms with van der Waals surface area (Å²) in [6, 6.07) is 5.17. The van der Waals surface area contributed by atoms with Crippen LogP contribution in [0, 0.1) is 0 Å². The second-order valence-electron chi connectivity index (χ2n) is 4.98. The summed E-state index contributed by atoms with van der Waals surface area (Å²) >= 11 is 3.34. The summed E-state index contributed by atoms with van der Waals surface area (Å²) in [5, 5.41) is 0. The van der Waals surface area contributed by atoms with Gasteiger partial charge in [-0.05, 0) is 44.9 Å². The molecule has 0 unspecified atom stereocenters. The van der Waals surface area contributed by atoms with E-state index in [1.807, 2.05) is 13.8 Å². The van der Waals surface area contributed by atoms with Crippen molar-refractivity contribution in [1.82, 2.24) is 4.31 Å². The first-order valence-electron chi connectivity index (χ1n) is 6.91. The average Bonchev–Trinajstić information content (AvgIpc) is 2.41. The fourth-order valence-corrected chi connectivity index (χ4v) is 4.88. The van der Waals surface area contributed by atoms with Gasteiger partial charge in [0.2, 0.25) is 10.0 Å². The Hall–Kier alpha value is -0.590. The lowest BCUT2D eigenvalue weighted by molar-refractivity contribution is 0.266. The molecule has 0 N–H and O–H groups in total. The van der Waals surface area contributed by atoms with E-state index in [-0.39, 0.29) is 10.9 Å². The highest BCUT2D eigenvalue weighted by molar-refractivity contribution is 9.10. The van der Waals surface area contributed by atoms with Crippen LogP contribution < -0.4 is 4.74 Å². The zero-order chi connectivity index (χ0) is 14.8. The van der Waals surface area contributed by atoms with Crippen molar-refractivity contribution < 1.29 is 13.2 Å². The molecule has 1 heterocycles. The van der Waals surface area contributed by atoms with Gasteiger partial charge in [0.1, 0.15) is 10.6 Å². The van der Waals surface area contributed by atoms with Crippen molar-refractivity contribution in [1.29, 1.82) is 0 Å². The second kappa shape index (κ2) is 6.45. The molecule has 0 bridgehead atoms.